The molecular weight excluding hydrogens is 617 g/mol. The molecule has 6 nitrogen and oxygen atoms in total. The number of amides is 2. The van der Waals surface area contributed by atoms with E-state index in [1.54, 1.807) is 22.3 Å². The van der Waals surface area contributed by atoms with E-state index in [9.17, 15) is 9.59 Å². The van der Waals surface area contributed by atoms with E-state index in [0.717, 1.165) is 63.2 Å². The van der Waals surface area contributed by atoms with Gasteiger partial charge in [0.1, 0.15) is 0 Å². The quantitative estimate of drug-likeness (QED) is 0.264. The predicted octanol–water partition coefficient (Wildman–Crippen LogP) is 8.71. The number of rotatable bonds is 10. The summed E-state index contributed by atoms with van der Waals surface area (Å²) < 4.78 is 0. The molecule has 4 aliphatic heterocycles. The van der Waals surface area contributed by atoms with Crippen LogP contribution in [0.3, 0.4) is 0 Å². The SMILES string of the molecule is O=C(NC1CCC(CCN2[C@@H]3CC[C@H]2c2ccccc23)CC1)C1CCCCC1C(=O)NC1CCC(CCN2[C@@H]3CC[C@H]2c2ccccc23)CC1. The van der Waals surface area contributed by atoms with Crippen molar-refractivity contribution in [1.29, 1.82) is 0 Å². The molecule has 0 aromatic heterocycles. The first-order valence-electron chi connectivity index (χ1n) is 20.9. The van der Waals surface area contributed by atoms with Crippen molar-refractivity contribution >= 4 is 11.8 Å². The summed E-state index contributed by atoms with van der Waals surface area (Å²) in [5, 5.41) is 6.91. The molecule has 9 rings (SSSR count). The van der Waals surface area contributed by atoms with E-state index in [2.05, 4.69) is 69.0 Å². The molecule has 4 bridgehead atoms. The fourth-order valence-electron chi connectivity index (χ4n) is 12.2. The van der Waals surface area contributed by atoms with Gasteiger partial charge >= 0.3 is 0 Å². The molecule has 50 heavy (non-hydrogen) atoms. The van der Waals surface area contributed by atoms with Gasteiger partial charge < -0.3 is 10.6 Å². The number of fused-ring (bicyclic) bond motifs is 10. The molecule has 6 heteroatoms. The van der Waals surface area contributed by atoms with E-state index >= 15 is 0 Å². The Morgan fingerprint density at radius 3 is 1.16 bits per heavy atom. The number of benzene rings is 2. The first-order valence-corrected chi connectivity index (χ1v) is 20.9. The molecule has 7 aliphatic rings. The largest absolute Gasteiger partial charge is 0.353 e. The Labute approximate surface area is 300 Å². The van der Waals surface area contributed by atoms with Gasteiger partial charge in [-0.15, -0.1) is 0 Å². The Balaban J connectivity index is 0.698. The molecule has 268 valence electrons. The van der Waals surface area contributed by atoms with Gasteiger partial charge in [-0.25, -0.2) is 0 Å². The Morgan fingerprint density at radius 1 is 0.480 bits per heavy atom. The van der Waals surface area contributed by atoms with E-state index in [4.69, 9.17) is 0 Å². The van der Waals surface area contributed by atoms with Crippen molar-refractivity contribution in [3.8, 4) is 0 Å². The summed E-state index contributed by atoms with van der Waals surface area (Å²) in [5.41, 5.74) is 6.33. The minimum absolute atomic E-state index is 0.154. The van der Waals surface area contributed by atoms with Crippen LogP contribution in [-0.2, 0) is 9.59 Å². The van der Waals surface area contributed by atoms with Crippen molar-refractivity contribution < 1.29 is 9.59 Å². The normalized spacial score (nSPS) is 36.2. The monoisotopic (exact) mass is 676 g/mol. The number of nitrogens with one attached hydrogen (secondary N) is 2. The molecule has 4 heterocycles. The fraction of sp³-hybridized carbons (Fsp3) is 0.682. The van der Waals surface area contributed by atoms with Gasteiger partial charge in [-0.3, -0.25) is 19.4 Å². The van der Waals surface area contributed by atoms with Gasteiger partial charge in [-0.05, 0) is 150 Å². The van der Waals surface area contributed by atoms with E-state index in [-0.39, 0.29) is 35.7 Å². The van der Waals surface area contributed by atoms with Crippen molar-refractivity contribution in [2.75, 3.05) is 13.1 Å². The number of carbonyl (C=O) groups is 2. The second-order valence-electron chi connectivity index (χ2n) is 17.5. The average molecular weight is 677 g/mol. The highest BCUT2D eigenvalue weighted by atomic mass is 16.2. The highest BCUT2D eigenvalue weighted by molar-refractivity contribution is 5.88. The highest BCUT2D eigenvalue weighted by Gasteiger charge is 2.45. The van der Waals surface area contributed by atoms with Gasteiger partial charge in [0.05, 0.1) is 0 Å². The van der Waals surface area contributed by atoms with Crippen LogP contribution in [0.2, 0.25) is 0 Å². The lowest BCUT2D eigenvalue weighted by atomic mass is 9.77. The van der Waals surface area contributed by atoms with Crippen LogP contribution in [0.4, 0.5) is 0 Å². The molecule has 3 saturated carbocycles. The maximum Gasteiger partial charge on any atom is 0.224 e. The number of nitrogens with zero attached hydrogens (tertiary/aromatic N) is 2. The second kappa shape index (κ2) is 14.4. The van der Waals surface area contributed by atoms with E-state index in [1.807, 2.05) is 0 Å². The summed E-state index contributed by atoms with van der Waals surface area (Å²) in [6, 6.07) is 21.3. The van der Waals surface area contributed by atoms with Crippen LogP contribution < -0.4 is 10.6 Å². The van der Waals surface area contributed by atoms with E-state index < -0.39 is 0 Å². The summed E-state index contributed by atoms with van der Waals surface area (Å²) in [4.78, 5) is 32.9. The Kier molecular flexibility index (Phi) is 9.53. The fourth-order valence-corrected chi connectivity index (χ4v) is 12.2. The van der Waals surface area contributed by atoms with E-state index in [0.29, 0.717) is 24.2 Å². The molecule has 2 saturated heterocycles. The predicted molar refractivity (Wildman–Crippen MR) is 198 cm³/mol. The Morgan fingerprint density at radius 2 is 0.820 bits per heavy atom. The van der Waals surface area contributed by atoms with Crippen molar-refractivity contribution in [2.45, 2.75) is 152 Å². The van der Waals surface area contributed by atoms with Gasteiger partial charge in [0.15, 0.2) is 0 Å². The summed E-state index contributed by atoms with van der Waals surface area (Å²) in [6.45, 7) is 2.42. The third-order valence-electron chi connectivity index (χ3n) is 14.9. The van der Waals surface area contributed by atoms with Crippen LogP contribution in [0, 0.1) is 23.7 Å². The van der Waals surface area contributed by atoms with Crippen molar-refractivity contribution in [3.63, 3.8) is 0 Å². The molecule has 2 aromatic rings. The lowest BCUT2D eigenvalue weighted by Crippen LogP contribution is -2.49. The lowest BCUT2D eigenvalue weighted by molar-refractivity contribution is -0.137. The molecule has 3 aliphatic carbocycles. The van der Waals surface area contributed by atoms with Crippen molar-refractivity contribution in [3.05, 3.63) is 70.8 Å². The van der Waals surface area contributed by atoms with Crippen LogP contribution in [0.15, 0.2) is 48.5 Å². The first kappa shape index (κ1) is 33.2. The number of hydrogen-bond donors (Lipinski definition) is 2. The Hall–Kier alpha value is -2.70. The third-order valence-corrected chi connectivity index (χ3v) is 14.9. The van der Waals surface area contributed by atoms with Crippen LogP contribution in [0.25, 0.3) is 0 Å². The Bertz CT molecular complexity index is 1350. The minimum Gasteiger partial charge on any atom is -0.353 e. The summed E-state index contributed by atoms with van der Waals surface area (Å²) in [5.74, 6) is 1.52. The zero-order valence-corrected chi connectivity index (χ0v) is 30.2. The molecule has 2 unspecified atom stereocenters. The maximum atomic E-state index is 13.7. The molecular formula is C44H60N4O2. The minimum atomic E-state index is -0.162. The van der Waals surface area contributed by atoms with Crippen molar-refractivity contribution in [1.82, 2.24) is 20.4 Å². The summed E-state index contributed by atoms with van der Waals surface area (Å²) >= 11 is 0. The molecule has 2 amide bonds. The smallest absolute Gasteiger partial charge is 0.224 e. The maximum absolute atomic E-state index is 13.7. The van der Waals surface area contributed by atoms with E-state index in [1.165, 1.54) is 77.3 Å². The highest BCUT2D eigenvalue weighted by Crippen LogP contribution is 2.54. The van der Waals surface area contributed by atoms with Crippen LogP contribution in [0.1, 0.15) is 162 Å². The standard InChI is InChI=1S/C44H60N4O2/c49-43(45-31-17-13-29(14-18-31)25-27-47-39-21-22-40(47)34-8-2-1-7-33(34)39)37-11-5-6-12-38(37)44(50)46-32-19-15-30(16-20-32)26-28-48-41-23-24-42(48)36-10-4-3-9-35(36)41/h1-4,7-10,29-32,37-42H,5-6,11-28H2,(H,45,49)(H,46,50)/t29?,30?,31?,32?,37?,38?,39-,40+,41-,42+. The van der Waals surface area contributed by atoms with Crippen LogP contribution in [0.5, 0.6) is 0 Å². The molecule has 2 N–H and O–H groups in total. The molecule has 6 atom stereocenters. The summed E-state index contributed by atoms with van der Waals surface area (Å²) in [6.07, 6.45) is 20.9. The molecule has 5 fully saturated rings. The van der Waals surface area contributed by atoms with Gasteiger partial charge in [0.2, 0.25) is 11.8 Å². The zero-order chi connectivity index (χ0) is 33.6. The third kappa shape index (κ3) is 6.35. The second-order valence-corrected chi connectivity index (χ2v) is 17.5. The van der Waals surface area contributed by atoms with Crippen LogP contribution in [-0.4, -0.2) is 46.8 Å². The molecule has 2 aromatic carbocycles. The topological polar surface area (TPSA) is 64.7 Å². The van der Waals surface area contributed by atoms with Gasteiger partial charge in [-0.1, -0.05) is 61.4 Å². The first-order chi connectivity index (χ1) is 24.6. The van der Waals surface area contributed by atoms with Gasteiger partial charge in [0.25, 0.3) is 0 Å². The lowest BCUT2D eigenvalue weighted by Gasteiger charge is -2.35. The summed E-state index contributed by atoms with van der Waals surface area (Å²) in [7, 11) is 0. The average Bonchev–Trinajstić information content (AvgIpc) is 3.92. The van der Waals surface area contributed by atoms with Crippen LogP contribution >= 0.6 is 0 Å². The zero-order valence-electron chi connectivity index (χ0n) is 30.2. The van der Waals surface area contributed by atoms with Gasteiger partial charge in [0, 0.05) is 48.1 Å². The van der Waals surface area contributed by atoms with Crippen molar-refractivity contribution in [2.24, 2.45) is 23.7 Å². The number of hydrogen-bond acceptors (Lipinski definition) is 4. The molecule has 0 spiro atoms. The number of carbonyl (C=O) groups excluding carboxylic acids is 2. The molecule has 0 radical (unpaired) electrons. The van der Waals surface area contributed by atoms with Gasteiger partial charge in [-0.2, -0.15) is 0 Å².